The van der Waals surface area contributed by atoms with Crippen LogP contribution in [-0.2, 0) is 6.61 Å². The smallest absolute Gasteiger partial charge is 0.0681 e. The van der Waals surface area contributed by atoms with Gasteiger partial charge in [-0.25, -0.2) is 0 Å². The van der Waals surface area contributed by atoms with E-state index >= 15 is 0 Å². The average Bonchev–Trinajstić information content (AvgIpc) is 2.08. The topological polar surface area (TPSA) is 44.0 Å². The lowest BCUT2D eigenvalue weighted by Crippen LogP contribution is -1.77. The summed E-state index contributed by atoms with van der Waals surface area (Å²) in [5.41, 5.74) is 0.965. The summed E-state index contributed by atoms with van der Waals surface area (Å²) in [5.74, 6) is 0. The summed E-state index contributed by atoms with van der Waals surface area (Å²) < 4.78 is 0. The van der Waals surface area contributed by atoms with E-state index in [1.54, 1.807) is 6.07 Å². The second-order valence-electron chi connectivity index (χ2n) is 1.87. The van der Waals surface area contributed by atoms with Crippen molar-refractivity contribution in [1.82, 2.24) is 0 Å². The molecule has 0 aliphatic rings. The van der Waals surface area contributed by atoms with Crippen molar-refractivity contribution >= 4 is 0 Å². The van der Waals surface area contributed by atoms with Crippen LogP contribution in [0, 0.1) is 11.3 Å². The molecule has 0 atom stereocenters. The Balaban J connectivity index is 0.000000292. The molecule has 1 rings (SSSR count). The number of hydrogen-bond donors (Lipinski definition) is 1. The fourth-order valence-electron chi connectivity index (χ4n) is 0.583. The summed E-state index contributed by atoms with van der Waals surface area (Å²) in [7, 11) is 0. The predicted octanol–water partition coefficient (Wildman–Crippen LogP) is 1.71. The molecule has 0 fully saturated rings. The molecule has 1 aromatic rings. The fourth-order valence-corrected chi connectivity index (χ4v) is 0.583. The minimum atomic E-state index is 0.140. The number of benzene rings is 1. The lowest BCUT2D eigenvalue weighted by molar-refractivity contribution is 0.282. The van der Waals surface area contributed by atoms with E-state index < -0.39 is 0 Å². The van der Waals surface area contributed by atoms with Gasteiger partial charge in [0.15, 0.2) is 0 Å². The second-order valence-corrected chi connectivity index (χ2v) is 1.87. The Morgan fingerprint density at radius 3 is 2.09 bits per heavy atom. The van der Waals surface area contributed by atoms with Gasteiger partial charge in [0.05, 0.1) is 12.7 Å². The van der Waals surface area contributed by atoms with Gasteiger partial charge in [0, 0.05) is 6.92 Å². The van der Waals surface area contributed by atoms with Gasteiger partial charge in [0.25, 0.3) is 0 Å². The van der Waals surface area contributed by atoms with Crippen molar-refractivity contribution in [3.05, 3.63) is 35.9 Å². The highest BCUT2D eigenvalue weighted by atomic mass is 16.3. The van der Waals surface area contributed by atoms with E-state index in [9.17, 15) is 0 Å². The third-order valence-corrected chi connectivity index (χ3v) is 1.03. The third kappa shape index (κ3) is 5.13. The lowest BCUT2D eigenvalue weighted by Gasteiger charge is -1.89. The van der Waals surface area contributed by atoms with Gasteiger partial charge in [-0.2, -0.15) is 5.26 Å². The third-order valence-electron chi connectivity index (χ3n) is 1.03. The quantitative estimate of drug-likeness (QED) is 0.660. The first-order valence-electron chi connectivity index (χ1n) is 3.30. The zero-order valence-corrected chi connectivity index (χ0v) is 6.49. The Hall–Kier alpha value is -1.33. The summed E-state index contributed by atoms with van der Waals surface area (Å²) in [6, 6.07) is 11.3. The maximum atomic E-state index is 8.54. The number of hydrogen-bond acceptors (Lipinski definition) is 2. The van der Waals surface area contributed by atoms with Gasteiger partial charge in [-0.15, -0.1) is 0 Å². The molecule has 0 aromatic heterocycles. The summed E-state index contributed by atoms with van der Waals surface area (Å²) >= 11 is 0. The molecule has 2 heteroatoms. The maximum absolute atomic E-state index is 8.54. The molecule has 11 heavy (non-hydrogen) atoms. The molecule has 1 aromatic carbocycles. The average molecular weight is 149 g/mol. The van der Waals surface area contributed by atoms with Gasteiger partial charge in [0.2, 0.25) is 0 Å². The van der Waals surface area contributed by atoms with Crippen LogP contribution in [0.5, 0.6) is 0 Å². The lowest BCUT2D eigenvalue weighted by atomic mass is 10.2. The first-order valence-corrected chi connectivity index (χ1v) is 3.30. The van der Waals surface area contributed by atoms with Gasteiger partial charge in [0.1, 0.15) is 0 Å². The first kappa shape index (κ1) is 9.67. The van der Waals surface area contributed by atoms with Crippen LogP contribution in [0.3, 0.4) is 0 Å². The van der Waals surface area contributed by atoms with Gasteiger partial charge in [-0.3, -0.25) is 0 Å². The van der Waals surface area contributed by atoms with Crippen LogP contribution in [0.1, 0.15) is 12.5 Å². The molecule has 0 saturated carbocycles. The van der Waals surface area contributed by atoms with E-state index in [-0.39, 0.29) is 6.61 Å². The minimum absolute atomic E-state index is 0.140. The molecule has 0 amide bonds. The van der Waals surface area contributed by atoms with Crippen LogP contribution in [0.25, 0.3) is 0 Å². The van der Waals surface area contributed by atoms with Crippen molar-refractivity contribution in [3.63, 3.8) is 0 Å². The molecule has 0 spiro atoms. The fraction of sp³-hybridized carbons (Fsp3) is 0.222. The number of rotatable bonds is 1. The Kier molecular flexibility index (Phi) is 5.96. The Labute approximate surface area is 66.7 Å². The van der Waals surface area contributed by atoms with Crippen molar-refractivity contribution in [2.45, 2.75) is 13.5 Å². The van der Waals surface area contributed by atoms with Gasteiger partial charge in [-0.1, -0.05) is 30.3 Å². The van der Waals surface area contributed by atoms with Crippen molar-refractivity contribution < 1.29 is 5.11 Å². The van der Waals surface area contributed by atoms with E-state index in [0.29, 0.717) is 0 Å². The van der Waals surface area contributed by atoms with Crippen molar-refractivity contribution in [3.8, 4) is 6.07 Å². The number of aliphatic hydroxyl groups is 1. The number of nitriles is 1. The Bertz CT molecular complexity index is 213. The molecule has 1 N–H and O–H groups in total. The SMILES string of the molecule is CC#N.OCc1ccccc1. The second kappa shape index (κ2) is 6.79. The zero-order chi connectivity index (χ0) is 8.53. The van der Waals surface area contributed by atoms with Gasteiger partial charge < -0.3 is 5.11 Å². The van der Waals surface area contributed by atoms with E-state index in [1.807, 2.05) is 30.3 Å². The highest BCUT2D eigenvalue weighted by Gasteiger charge is 1.81. The van der Waals surface area contributed by atoms with E-state index in [2.05, 4.69) is 0 Å². The van der Waals surface area contributed by atoms with Crippen molar-refractivity contribution in [1.29, 1.82) is 5.26 Å². The summed E-state index contributed by atoms with van der Waals surface area (Å²) in [5, 5.41) is 15.9. The molecular formula is C9H11NO. The molecule has 0 radical (unpaired) electrons. The van der Waals surface area contributed by atoms with Crippen LogP contribution < -0.4 is 0 Å². The van der Waals surface area contributed by atoms with Gasteiger partial charge in [-0.05, 0) is 5.56 Å². The van der Waals surface area contributed by atoms with Crippen LogP contribution in [-0.4, -0.2) is 5.11 Å². The molecular weight excluding hydrogens is 138 g/mol. The highest BCUT2D eigenvalue weighted by Crippen LogP contribution is 1.95. The molecule has 2 nitrogen and oxygen atoms in total. The molecule has 0 saturated heterocycles. The highest BCUT2D eigenvalue weighted by molar-refractivity contribution is 5.12. The summed E-state index contributed by atoms with van der Waals surface area (Å²) in [6.07, 6.45) is 0. The normalized spacial score (nSPS) is 7.36. The Morgan fingerprint density at radius 1 is 1.36 bits per heavy atom. The molecule has 0 aliphatic heterocycles. The van der Waals surface area contributed by atoms with Gasteiger partial charge >= 0.3 is 0 Å². The molecule has 0 bridgehead atoms. The minimum Gasteiger partial charge on any atom is -0.392 e. The number of aliphatic hydroxyl groups excluding tert-OH is 1. The van der Waals surface area contributed by atoms with E-state index in [0.717, 1.165) is 5.56 Å². The predicted molar refractivity (Wildman–Crippen MR) is 43.7 cm³/mol. The molecule has 0 heterocycles. The Morgan fingerprint density at radius 2 is 1.82 bits per heavy atom. The first-order chi connectivity index (χ1) is 5.35. The van der Waals surface area contributed by atoms with Crippen LogP contribution in [0.4, 0.5) is 0 Å². The van der Waals surface area contributed by atoms with E-state index in [1.165, 1.54) is 6.92 Å². The zero-order valence-electron chi connectivity index (χ0n) is 6.49. The van der Waals surface area contributed by atoms with Crippen molar-refractivity contribution in [2.75, 3.05) is 0 Å². The van der Waals surface area contributed by atoms with E-state index in [4.69, 9.17) is 10.4 Å². The summed E-state index contributed by atoms with van der Waals surface area (Å²) in [6.45, 7) is 1.57. The standard InChI is InChI=1S/C7H8O.C2H3N/c8-6-7-4-2-1-3-5-7;1-2-3/h1-5,8H,6H2;1H3. The van der Waals surface area contributed by atoms with Crippen LogP contribution in [0.2, 0.25) is 0 Å². The molecule has 0 unspecified atom stereocenters. The monoisotopic (exact) mass is 149 g/mol. The van der Waals surface area contributed by atoms with Crippen LogP contribution >= 0.6 is 0 Å². The summed E-state index contributed by atoms with van der Waals surface area (Å²) in [4.78, 5) is 0. The van der Waals surface area contributed by atoms with Crippen LogP contribution in [0.15, 0.2) is 30.3 Å². The largest absolute Gasteiger partial charge is 0.392 e. The molecule has 58 valence electrons. The number of nitrogens with zero attached hydrogens (tertiary/aromatic N) is 1. The molecule has 0 aliphatic carbocycles. The van der Waals surface area contributed by atoms with Crippen molar-refractivity contribution in [2.24, 2.45) is 0 Å². The maximum Gasteiger partial charge on any atom is 0.0681 e.